The van der Waals surface area contributed by atoms with E-state index in [-0.39, 0.29) is 42.9 Å². The maximum Gasteiger partial charge on any atom is 0.258 e. The largest absolute Gasteiger partial charge is 0.488 e. The summed E-state index contributed by atoms with van der Waals surface area (Å²) in [5, 5.41) is 12.8. The van der Waals surface area contributed by atoms with E-state index in [9.17, 15) is 14.7 Å². The van der Waals surface area contributed by atoms with Crippen molar-refractivity contribution in [2.75, 3.05) is 38.6 Å². The number of likely N-dealkylation sites (N-methyl/N-ethyl adjacent to an activating group) is 1. The lowest BCUT2D eigenvalue weighted by atomic mass is 9.89. The van der Waals surface area contributed by atoms with Crippen molar-refractivity contribution in [3.05, 3.63) is 59.7 Å². The number of anilines is 1. The number of benzene rings is 2. The molecule has 38 heavy (non-hydrogen) atoms. The number of aliphatic hydroxyl groups is 1. The van der Waals surface area contributed by atoms with Crippen molar-refractivity contribution in [2.24, 2.45) is 11.8 Å². The van der Waals surface area contributed by atoms with Crippen molar-refractivity contribution < 1.29 is 19.4 Å². The Morgan fingerprint density at radius 1 is 1.13 bits per heavy atom. The van der Waals surface area contributed by atoms with E-state index in [0.29, 0.717) is 23.5 Å². The lowest BCUT2D eigenvalue weighted by Crippen LogP contribution is -2.50. The summed E-state index contributed by atoms with van der Waals surface area (Å²) >= 11 is 0. The second-order valence-electron chi connectivity index (χ2n) is 11.3. The third-order valence-electron chi connectivity index (χ3n) is 7.94. The minimum atomic E-state index is -0.326. The number of nitrogens with one attached hydrogen (secondary N) is 1. The number of amides is 2. The van der Waals surface area contributed by atoms with Gasteiger partial charge in [-0.15, -0.1) is 0 Å². The lowest BCUT2D eigenvalue weighted by Gasteiger charge is -2.38. The molecule has 2 aromatic carbocycles. The normalized spacial score (nSPS) is 21.3. The molecule has 206 valence electrons. The van der Waals surface area contributed by atoms with Gasteiger partial charge in [0.25, 0.3) is 5.91 Å². The monoisotopic (exact) mass is 521 g/mol. The minimum absolute atomic E-state index is 0.0835. The highest BCUT2D eigenvalue weighted by Gasteiger charge is 2.34. The van der Waals surface area contributed by atoms with Gasteiger partial charge in [0, 0.05) is 31.2 Å². The molecule has 1 saturated carbocycles. The summed E-state index contributed by atoms with van der Waals surface area (Å²) in [5.74, 6) is 1.00. The molecule has 4 rings (SSSR count). The first kappa shape index (κ1) is 28.1. The third-order valence-corrected chi connectivity index (χ3v) is 7.94. The van der Waals surface area contributed by atoms with Crippen LogP contribution in [0, 0.1) is 11.8 Å². The van der Waals surface area contributed by atoms with Crippen molar-refractivity contribution in [1.29, 1.82) is 0 Å². The molecule has 1 fully saturated rings. The summed E-state index contributed by atoms with van der Waals surface area (Å²) in [4.78, 5) is 30.5. The van der Waals surface area contributed by atoms with Crippen LogP contribution < -0.4 is 10.1 Å². The highest BCUT2D eigenvalue weighted by molar-refractivity contribution is 6.00. The molecule has 1 aliphatic carbocycles. The van der Waals surface area contributed by atoms with E-state index in [1.807, 2.05) is 37.3 Å². The van der Waals surface area contributed by atoms with E-state index in [4.69, 9.17) is 4.74 Å². The topological polar surface area (TPSA) is 82.1 Å². The van der Waals surface area contributed by atoms with Gasteiger partial charge in [-0.25, -0.2) is 0 Å². The molecule has 2 N–H and O–H groups in total. The van der Waals surface area contributed by atoms with E-state index in [2.05, 4.69) is 24.2 Å². The number of nitrogens with zero attached hydrogens (tertiary/aromatic N) is 2. The van der Waals surface area contributed by atoms with Gasteiger partial charge in [0.05, 0.1) is 24.6 Å². The maximum absolute atomic E-state index is 13.7. The molecule has 2 aliphatic rings. The van der Waals surface area contributed by atoms with Crippen LogP contribution in [-0.4, -0.2) is 72.2 Å². The maximum atomic E-state index is 13.7. The highest BCUT2D eigenvalue weighted by atomic mass is 16.5. The van der Waals surface area contributed by atoms with Crippen LogP contribution in [0.1, 0.15) is 61.9 Å². The van der Waals surface area contributed by atoms with Gasteiger partial charge in [0.15, 0.2) is 0 Å². The molecule has 0 aromatic heterocycles. The second-order valence-corrected chi connectivity index (χ2v) is 11.3. The van der Waals surface area contributed by atoms with E-state index >= 15 is 0 Å². The summed E-state index contributed by atoms with van der Waals surface area (Å²) in [6, 6.07) is 14.5. The van der Waals surface area contributed by atoms with Gasteiger partial charge in [-0.2, -0.15) is 0 Å². The molecule has 2 amide bonds. The van der Waals surface area contributed by atoms with Gasteiger partial charge >= 0.3 is 0 Å². The Bertz CT molecular complexity index is 1070. The van der Waals surface area contributed by atoms with Crippen LogP contribution in [0.3, 0.4) is 0 Å². The Morgan fingerprint density at radius 3 is 2.58 bits per heavy atom. The molecule has 7 heteroatoms. The minimum Gasteiger partial charge on any atom is -0.488 e. The van der Waals surface area contributed by atoms with Crippen LogP contribution in [0.2, 0.25) is 0 Å². The molecular formula is C31H43N3O4. The zero-order chi connectivity index (χ0) is 27.1. The Kier molecular flexibility index (Phi) is 9.80. The van der Waals surface area contributed by atoms with E-state index in [0.717, 1.165) is 24.6 Å². The zero-order valence-electron chi connectivity index (χ0n) is 23.1. The fourth-order valence-electron chi connectivity index (χ4n) is 5.70. The van der Waals surface area contributed by atoms with Gasteiger partial charge in [-0.1, -0.05) is 56.5 Å². The fourth-order valence-corrected chi connectivity index (χ4v) is 5.70. The van der Waals surface area contributed by atoms with Gasteiger partial charge in [-0.3, -0.25) is 9.59 Å². The summed E-state index contributed by atoms with van der Waals surface area (Å²) < 4.78 is 6.53. The van der Waals surface area contributed by atoms with Crippen LogP contribution in [0.15, 0.2) is 48.5 Å². The van der Waals surface area contributed by atoms with Gasteiger partial charge in [0.2, 0.25) is 5.91 Å². The zero-order valence-corrected chi connectivity index (χ0v) is 23.1. The highest BCUT2D eigenvalue weighted by Crippen LogP contribution is 2.31. The first-order valence-electron chi connectivity index (χ1n) is 14.1. The Morgan fingerprint density at radius 2 is 1.87 bits per heavy atom. The standard InChI is InChI=1S/C31H43N3O4/c1-22-18-34(23(2)21-35)31(37)27-17-26(32-30(36)16-24-10-6-4-7-11-24)14-15-28(27)38-29(22)20-33(3)19-25-12-8-5-9-13-25/h4,6-7,10-11,14-15,17,22-23,25,29,35H,5,8-9,12-13,16,18-21H2,1-3H3,(H,32,36)/t22-,23-,29+/m1/s1. The molecule has 7 nitrogen and oxygen atoms in total. The summed E-state index contributed by atoms with van der Waals surface area (Å²) in [6.07, 6.45) is 6.73. The van der Waals surface area contributed by atoms with Crippen molar-refractivity contribution in [3.8, 4) is 5.75 Å². The van der Waals surface area contributed by atoms with E-state index in [1.165, 1.54) is 32.1 Å². The first-order chi connectivity index (χ1) is 18.3. The number of aliphatic hydroxyl groups excluding tert-OH is 1. The van der Waals surface area contributed by atoms with Gasteiger partial charge in [-0.05, 0) is 56.5 Å². The molecule has 1 aliphatic heterocycles. The third kappa shape index (κ3) is 7.35. The molecule has 0 unspecified atom stereocenters. The molecule has 2 aromatic rings. The van der Waals surface area contributed by atoms with Crippen LogP contribution in [-0.2, 0) is 11.2 Å². The SMILES string of the molecule is C[C@@H]1CN([C@H](C)CO)C(=O)c2cc(NC(=O)Cc3ccccc3)ccc2O[C@H]1CN(C)CC1CCCCC1. The molecule has 1 heterocycles. The molecule has 0 radical (unpaired) electrons. The average molecular weight is 522 g/mol. The van der Waals surface area contributed by atoms with Crippen LogP contribution in [0.25, 0.3) is 0 Å². The number of hydrogen-bond acceptors (Lipinski definition) is 5. The number of rotatable bonds is 9. The number of carbonyl (C=O) groups is 2. The van der Waals surface area contributed by atoms with Crippen molar-refractivity contribution >= 4 is 17.5 Å². The molecule has 0 bridgehead atoms. The summed E-state index contributed by atoms with van der Waals surface area (Å²) in [5.41, 5.74) is 1.89. The molecular weight excluding hydrogens is 478 g/mol. The molecule has 0 saturated heterocycles. The second kappa shape index (κ2) is 13.3. The Labute approximate surface area is 227 Å². The predicted octanol–water partition coefficient (Wildman–Crippen LogP) is 4.60. The van der Waals surface area contributed by atoms with E-state index < -0.39 is 0 Å². The molecule has 3 atom stereocenters. The van der Waals surface area contributed by atoms with E-state index in [1.54, 1.807) is 23.1 Å². The fraction of sp³-hybridized carbons (Fsp3) is 0.548. The number of hydrogen-bond donors (Lipinski definition) is 2. The first-order valence-corrected chi connectivity index (χ1v) is 14.1. The quantitative estimate of drug-likeness (QED) is 0.504. The van der Waals surface area contributed by atoms with Crippen LogP contribution in [0.4, 0.5) is 5.69 Å². The summed E-state index contributed by atoms with van der Waals surface area (Å²) in [7, 11) is 2.16. The van der Waals surface area contributed by atoms with Crippen molar-refractivity contribution in [3.63, 3.8) is 0 Å². The Hall–Kier alpha value is -2.90. The lowest BCUT2D eigenvalue weighted by molar-refractivity contribution is -0.115. The average Bonchev–Trinajstić information content (AvgIpc) is 2.91. The van der Waals surface area contributed by atoms with Crippen molar-refractivity contribution in [2.45, 2.75) is 64.5 Å². The summed E-state index contributed by atoms with van der Waals surface area (Å²) in [6.45, 7) is 6.18. The molecule has 0 spiro atoms. The van der Waals surface area contributed by atoms with Crippen LogP contribution >= 0.6 is 0 Å². The number of carbonyl (C=O) groups excluding carboxylic acids is 2. The number of fused-ring (bicyclic) bond motifs is 1. The van der Waals surface area contributed by atoms with Gasteiger partial charge in [0.1, 0.15) is 11.9 Å². The van der Waals surface area contributed by atoms with Crippen LogP contribution in [0.5, 0.6) is 5.75 Å². The van der Waals surface area contributed by atoms with Crippen molar-refractivity contribution in [1.82, 2.24) is 9.80 Å². The smallest absolute Gasteiger partial charge is 0.258 e. The number of ether oxygens (including phenoxy) is 1. The Balaban J connectivity index is 1.53. The predicted molar refractivity (Wildman–Crippen MR) is 150 cm³/mol. The van der Waals surface area contributed by atoms with Gasteiger partial charge < -0.3 is 25.0 Å².